The quantitative estimate of drug-likeness (QED) is 0.848. The zero-order valence-electron chi connectivity index (χ0n) is 8.74. The first kappa shape index (κ1) is 10.8. The van der Waals surface area contributed by atoms with Crippen molar-refractivity contribution in [1.29, 1.82) is 0 Å². The Balaban J connectivity index is 1.99. The lowest BCUT2D eigenvalue weighted by molar-refractivity contribution is 0.0935. The summed E-state index contributed by atoms with van der Waals surface area (Å²) in [7, 11) is 0. The molecule has 0 saturated carbocycles. The lowest BCUT2D eigenvalue weighted by atomic mass is 10.1. The first-order valence-corrected chi connectivity index (χ1v) is 6.82. The van der Waals surface area contributed by atoms with E-state index in [1.807, 2.05) is 35.7 Å². The van der Waals surface area contributed by atoms with Crippen LogP contribution in [-0.2, 0) is 0 Å². The van der Waals surface area contributed by atoms with E-state index in [0.29, 0.717) is 5.56 Å². The zero-order valence-corrected chi connectivity index (χ0v) is 11.1. The monoisotopic (exact) mass is 308 g/mol. The molecule has 0 fully saturated rings. The Hall–Kier alpha value is -1.33. The van der Waals surface area contributed by atoms with Gasteiger partial charge in [0.05, 0.1) is 9.35 Å². The number of anilines is 1. The number of benzene rings is 1. The largest absolute Gasteiger partial charge is 0.361 e. The van der Waals surface area contributed by atoms with Crippen molar-refractivity contribution in [3.05, 3.63) is 50.6 Å². The maximum absolute atomic E-state index is 11.9. The summed E-state index contributed by atoms with van der Waals surface area (Å²) in [5.74, 6) is -0.0394. The normalized spacial score (nSPS) is 18.2. The first-order valence-electron chi connectivity index (χ1n) is 5.15. The second kappa shape index (κ2) is 4.16. The average molecular weight is 309 g/mol. The van der Waals surface area contributed by atoms with Gasteiger partial charge in [-0.2, -0.15) is 0 Å². The number of amides is 1. The van der Waals surface area contributed by atoms with Crippen LogP contribution in [0.5, 0.6) is 0 Å². The number of hydrogen-bond acceptors (Lipinski definition) is 3. The van der Waals surface area contributed by atoms with Gasteiger partial charge >= 0.3 is 0 Å². The number of carbonyl (C=O) groups excluding carboxylic acids is 1. The van der Waals surface area contributed by atoms with E-state index in [0.717, 1.165) is 15.0 Å². The molecule has 86 valence electrons. The number of carbonyl (C=O) groups is 1. The van der Waals surface area contributed by atoms with E-state index >= 15 is 0 Å². The van der Waals surface area contributed by atoms with Gasteiger partial charge in [0.2, 0.25) is 0 Å². The van der Waals surface area contributed by atoms with Crippen LogP contribution in [0, 0.1) is 0 Å². The average Bonchev–Trinajstić information content (AvgIpc) is 2.75. The molecule has 1 aliphatic heterocycles. The van der Waals surface area contributed by atoms with Crippen LogP contribution in [0.4, 0.5) is 5.69 Å². The van der Waals surface area contributed by atoms with Crippen molar-refractivity contribution in [2.24, 2.45) is 0 Å². The molecule has 0 bridgehead atoms. The molecule has 0 saturated heterocycles. The third-order valence-corrected chi connectivity index (χ3v) is 4.44. The molecule has 1 unspecified atom stereocenters. The summed E-state index contributed by atoms with van der Waals surface area (Å²) in [5, 5.41) is 8.25. The highest BCUT2D eigenvalue weighted by atomic mass is 79.9. The Labute approximate surface area is 111 Å². The Morgan fingerprint density at radius 3 is 2.76 bits per heavy atom. The molecule has 0 spiro atoms. The summed E-state index contributed by atoms with van der Waals surface area (Å²) >= 11 is 5.09. The molecule has 1 aromatic carbocycles. The summed E-state index contributed by atoms with van der Waals surface area (Å²) in [6, 6.07) is 9.52. The van der Waals surface area contributed by atoms with Crippen molar-refractivity contribution in [3.8, 4) is 0 Å². The van der Waals surface area contributed by atoms with Gasteiger partial charge in [0, 0.05) is 11.3 Å². The Morgan fingerprint density at radius 1 is 1.18 bits per heavy atom. The molecular formula is C12H9BrN2OS. The third kappa shape index (κ3) is 1.85. The molecule has 5 heteroatoms. The van der Waals surface area contributed by atoms with E-state index in [9.17, 15) is 4.79 Å². The van der Waals surface area contributed by atoms with Crippen molar-refractivity contribution in [1.82, 2.24) is 5.32 Å². The highest BCUT2D eigenvalue weighted by molar-refractivity contribution is 9.11. The summed E-state index contributed by atoms with van der Waals surface area (Å²) < 4.78 is 1.04. The van der Waals surface area contributed by atoms with Gasteiger partial charge in [0.1, 0.15) is 6.17 Å². The van der Waals surface area contributed by atoms with E-state index in [4.69, 9.17) is 0 Å². The number of rotatable bonds is 1. The SMILES string of the molecule is O=C1NC(c2ccsc2Br)Nc2ccccc21. The van der Waals surface area contributed by atoms with Gasteiger partial charge in [0.25, 0.3) is 5.91 Å². The van der Waals surface area contributed by atoms with Crippen LogP contribution in [-0.4, -0.2) is 5.91 Å². The number of hydrogen-bond donors (Lipinski definition) is 2. The summed E-state index contributed by atoms with van der Waals surface area (Å²) in [6.07, 6.45) is -0.168. The van der Waals surface area contributed by atoms with Crippen molar-refractivity contribution in [2.75, 3.05) is 5.32 Å². The van der Waals surface area contributed by atoms with E-state index < -0.39 is 0 Å². The zero-order chi connectivity index (χ0) is 11.8. The standard InChI is InChI=1S/C12H9BrN2OS/c13-10-8(5-6-17-10)11-14-9-4-2-1-3-7(9)12(16)15-11/h1-6,11,14H,(H,15,16). The number of thiophene rings is 1. The van der Waals surface area contributed by atoms with Gasteiger partial charge in [-0.3, -0.25) is 4.79 Å². The van der Waals surface area contributed by atoms with Gasteiger partial charge in [-0.15, -0.1) is 11.3 Å². The summed E-state index contributed by atoms with van der Waals surface area (Å²) in [6.45, 7) is 0. The topological polar surface area (TPSA) is 41.1 Å². The Kier molecular flexibility index (Phi) is 2.64. The van der Waals surface area contributed by atoms with Crippen molar-refractivity contribution in [3.63, 3.8) is 0 Å². The molecule has 0 aliphatic carbocycles. The van der Waals surface area contributed by atoms with Crippen LogP contribution in [0.25, 0.3) is 0 Å². The Morgan fingerprint density at radius 2 is 2.00 bits per heavy atom. The van der Waals surface area contributed by atoms with Crippen LogP contribution in [0.3, 0.4) is 0 Å². The fourth-order valence-corrected chi connectivity index (χ4v) is 3.21. The fourth-order valence-electron chi connectivity index (χ4n) is 1.87. The molecule has 2 N–H and O–H groups in total. The predicted molar refractivity (Wildman–Crippen MR) is 72.3 cm³/mol. The van der Waals surface area contributed by atoms with Crippen LogP contribution >= 0.6 is 27.3 Å². The minimum Gasteiger partial charge on any atom is -0.361 e. The highest BCUT2D eigenvalue weighted by Crippen LogP contribution is 2.32. The molecule has 2 heterocycles. The minimum absolute atomic E-state index is 0.0394. The van der Waals surface area contributed by atoms with Crippen molar-refractivity contribution in [2.45, 2.75) is 6.17 Å². The second-order valence-corrected chi connectivity index (χ2v) is 5.98. The number of halogens is 1. The van der Waals surface area contributed by atoms with E-state index in [1.165, 1.54) is 0 Å². The molecular weight excluding hydrogens is 300 g/mol. The molecule has 1 aromatic heterocycles. The number of fused-ring (bicyclic) bond motifs is 1. The molecule has 2 aromatic rings. The minimum atomic E-state index is -0.168. The van der Waals surface area contributed by atoms with Crippen LogP contribution < -0.4 is 10.6 Å². The van der Waals surface area contributed by atoms with E-state index in [-0.39, 0.29) is 12.1 Å². The van der Waals surface area contributed by atoms with Gasteiger partial charge in [0.15, 0.2) is 0 Å². The lowest BCUT2D eigenvalue weighted by Crippen LogP contribution is -2.38. The maximum atomic E-state index is 11.9. The molecule has 0 radical (unpaired) electrons. The molecule has 17 heavy (non-hydrogen) atoms. The summed E-state index contributed by atoms with van der Waals surface area (Å²) in [4.78, 5) is 11.9. The van der Waals surface area contributed by atoms with E-state index in [2.05, 4.69) is 26.6 Å². The van der Waals surface area contributed by atoms with Gasteiger partial charge in [-0.05, 0) is 39.5 Å². The summed E-state index contributed by atoms with van der Waals surface area (Å²) in [5.41, 5.74) is 2.62. The predicted octanol–water partition coefficient (Wildman–Crippen LogP) is 3.36. The first-order chi connectivity index (χ1) is 8.25. The number of para-hydroxylation sites is 1. The maximum Gasteiger partial charge on any atom is 0.255 e. The van der Waals surface area contributed by atoms with Crippen LogP contribution in [0.15, 0.2) is 39.5 Å². The Bertz CT molecular complexity index is 581. The molecule has 1 amide bonds. The van der Waals surface area contributed by atoms with Crippen molar-refractivity contribution >= 4 is 38.9 Å². The van der Waals surface area contributed by atoms with Gasteiger partial charge in [-0.25, -0.2) is 0 Å². The molecule has 3 nitrogen and oxygen atoms in total. The number of nitrogens with one attached hydrogen (secondary N) is 2. The van der Waals surface area contributed by atoms with Gasteiger partial charge in [-0.1, -0.05) is 12.1 Å². The molecule has 1 aliphatic rings. The van der Waals surface area contributed by atoms with Gasteiger partial charge < -0.3 is 10.6 Å². The molecule has 1 atom stereocenters. The highest BCUT2D eigenvalue weighted by Gasteiger charge is 2.25. The van der Waals surface area contributed by atoms with Crippen LogP contribution in [0.2, 0.25) is 0 Å². The van der Waals surface area contributed by atoms with E-state index in [1.54, 1.807) is 11.3 Å². The molecule has 3 rings (SSSR count). The third-order valence-electron chi connectivity index (χ3n) is 2.70. The van der Waals surface area contributed by atoms with Crippen molar-refractivity contribution < 1.29 is 4.79 Å². The second-order valence-electron chi connectivity index (χ2n) is 3.75. The fraction of sp³-hybridized carbons (Fsp3) is 0.0833. The smallest absolute Gasteiger partial charge is 0.255 e. The lowest BCUT2D eigenvalue weighted by Gasteiger charge is -2.27. The van der Waals surface area contributed by atoms with Crippen LogP contribution in [0.1, 0.15) is 22.1 Å².